The van der Waals surface area contributed by atoms with Crippen LogP contribution in [0.4, 0.5) is 4.79 Å². The number of hydrogen-bond acceptors (Lipinski definition) is 5. The van der Waals surface area contributed by atoms with Gasteiger partial charge in [-0.25, -0.2) is 9.69 Å². The van der Waals surface area contributed by atoms with E-state index in [1.807, 2.05) is 73.7 Å². The molecule has 0 aromatic heterocycles. The Balaban J connectivity index is 1.20. The lowest BCUT2D eigenvalue weighted by Gasteiger charge is -2.37. The van der Waals surface area contributed by atoms with Crippen molar-refractivity contribution in [3.8, 4) is 0 Å². The number of hydrogen-bond donors (Lipinski definition) is 0. The quantitative estimate of drug-likeness (QED) is 0.275. The van der Waals surface area contributed by atoms with Gasteiger partial charge in [-0.15, -0.1) is 0 Å². The van der Waals surface area contributed by atoms with Gasteiger partial charge in [-0.1, -0.05) is 97.9 Å². The molecule has 3 aromatic rings. The lowest BCUT2D eigenvalue weighted by Crippen LogP contribution is -2.44. The molecule has 2 fully saturated rings. The first-order chi connectivity index (χ1) is 19.6. The topological polar surface area (TPSA) is 65.1 Å². The Bertz CT molecular complexity index is 1220. The van der Waals surface area contributed by atoms with Gasteiger partial charge in [-0.2, -0.15) is 0 Å². The van der Waals surface area contributed by atoms with E-state index in [1.165, 1.54) is 4.90 Å². The van der Waals surface area contributed by atoms with E-state index in [0.29, 0.717) is 32.0 Å². The SMILES string of the molecule is C[C@H](C[C@@H]1CC[C@@H](OCc2ccccc2)[C@H](OCc2ccccc2)C1)C(=O)N1C(=O)OC[C@H]1Cc1ccccc1. The number of nitrogens with zero attached hydrogens (tertiary/aromatic N) is 1. The van der Waals surface area contributed by atoms with Gasteiger partial charge in [-0.05, 0) is 54.7 Å². The molecule has 3 aromatic carbocycles. The molecule has 1 aliphatic heterocycles. The minimum absolute atomic E-state index is 0.00464. The van der Waals surface area contributed by atoms with Gasteiger partial charge in [-0.3, -0.25) is 4.79 Å². The zero-order chi connectivity index (χ0) is 27.7. The predicted molar refractivity (Wildman–Crippen MR) is 153 cm³/mol. The molecule has 5 rings (SSSR count). The molecule has 0 radical (unpaired) electrons. The molecule has 6 heteroatoms. The van der Waals surface area contributed by atoms with E-state index in [9.17, 15) is 9.59 Å². The normalized spacial score (nSPS) is 23.5. The first-order valence-electron chi connectivity index (χ1n) is 14.4. The van der Waals surface area contributed by atoms with Crippen LogP contribution in [0.1, 0.15) is 49.3 Å². The summed E-state index contributed by atoms with van der Waals surface area (Å²) in [5.41, 5.74) is 3.36. The van der Waals surface area contributed by atoms with Crippen molar-refractivity contribution in [2.45, 2.75) is 70.5 Å². The second kappa shape index (κ2) is 13.7. The Morgan fingerprint density at radius 2 is 1.38 bits per heavy atom. The molecule has 2 amide bonds. The van der Waals surface area contributed by atoms with Crippen molar-refractivity contribution >= 4 is 12.0 Å². The number of imide groups is 1. The molecule has 1 aliphatic carbocycles. The Morgan fingerprint density at radius 1 is 0.825 bits per heavy atom. The van der Waals surface area contributed by atoms with Gasteiger partial charge < -0.3 is 14.2 Å². The van der Waals surface area contributed by atoms with Gasteiger partial charge in [0.1, 0.15) is 6.61 Å². The van der Waals surface area contributed by atoms with Gasteiger partial charge >= 0.3 is 6.09 Å². The van der Waals surface area contributed by atoms with Crippen molar-refractivity contribution in [2.75, 3.05) is 6.61 Å². The van der Waals surface area contributed by atoms with E-state index >= 15 is 0 Å². The summed E-state index contributed by atoms with van der Waals surface area (Å²) in [5.74, 6) is -0.124. The summed E-state index contributed by atoms with van der Waals surface area (Å²) in [4.78, 5) is 27.4. The number of cyclic esters (lactones) is 1. The van der Waals surface area contributed by atoms with Crippen LogP contribution in [-0.2, 0) is 38.6 Å². The van der Waals surface area contributed by atoms with E-state index in [1.54, 1.807) is 0 Å². The van der Waals surface area contributed by atoms with Crippen LogP contribution >= 0.6 is 0 Å². The van der Waals surface area contributed by atoms with Crippen LogP contribution in [0.25, 0.3) is 0 Å². The predicted octanol–water partition coefficient (Wildman–Crippen LogP) is 6.57. The van der Waals surface area contributed by atoms with Crippen LogP contribution in [0.2, 0.25) is 0 Å². The number of carbonyl (C=O) groups excluding carboxylic acids is 2. The molecule has 1 heterocycles. The average molecular weight is 542 g/mol. The minimum atomic E-state index is -0.528. The van der Waals surface area contributed by atoms with Gasteiger partial charge in [0.05, 0.1) is 31.5 Å². The lowest BCUT2D eigenvalue weighted by molar-refractivity contribution is -0.135. The first-order valence-corrected chi connectivity index (χ1v) is 14.4. The highest BCUT2D eigenvalue weighted by atomic mass is 16.6. The zero-order valence-corrected chi connectivity index (χ0v) is 23.2. The second-order valence-corrected chi connectivity index (χ2v) is 11.1. The largest absolute Gasteiger partial charge is 0.447 e. The Labute approximate surface area is 237 Å². The number of rotatable bonds is 11. The highest BCUT2D eigenvalue weighted by Crippen LogP contribution is 2.35. The van der Waals surface area contributed by atoms with Crippen LogP contribution in [0.5, 0.6) is 0 Å². The summed E-state index contributed by atoms with van der Waals surface area (Å²) in [7, 11) is 0. The molecule has 0 N–H and O–H groups in total. The fraction of sp³-hybridized carbons (Fsp3) is 0.412. The van der Waals surface area contributed by atoms with Crippen molar-refractivity contribution in [1.82, 2.24) is 4.90 Å². The Morgan fingerprint density at radius 3 is 1.98 bits per heavy atom. The van der Waals surface area contributed by atoms with Gasteiger partial charge in [0, 0.05) is 5.92 Å². The molecule has 2 aliphatic rings. The van der Waals surface area contributed by atoms with Crippen LogP contribution in [0.15, 0.2) is 91.0 Å². The molecule has 6 nitrogen and oxygen atoms in total. The molecule has 1 saturated heterocycles. The second-order valence-electron chi connectivity index (χ2n) is 11.1. The molecule has 0 spiro atoms. The number of carbonyl (C=O) groups is 2. The van der Waals surface area contributed by atoms with Crippen molar-refractivity contribution in [2.24, 2.45) is 11.8 Å². The van der Waals surface area contributed by atoms with Crippen molar-refractivity contribution in [1.29, 1.82) is 0 Å². The van der Waals surface area contributed by atoms with Crippen molar-refractivity contribution in [3.63, 3.8) is 0 Å². The highest BCUT2D eigenvalue weighted by molar-refractivity contribution is 5.94. The third kappa shape index (κ3) is 7.38. The first kappa shape index (κ1) is 28.1. The monoisotopic (exact) mass is 541 g/mol. The fourth-order valence-corrected chi connectivity index (χ4v) is 5.92. The maximum atomic E-state index is 13.5. The summed E-state index contributed by atoms with van der Waals surface area (Å²) in [6, 6.07) is 30.1. The molecule has 40 heavy (non-hydrogen) atoms. The molecule has 0 bridgehead atoms. The average Bonchev–Trinajstić information content (AvgIpc) is 3.35. The van der Waals surface area contributed by atoms with Crippen LogP contribution < -0.4 is 0 Å². The molecule has 0 unspecified atom stereocenters. The fourth-order valence-electron chi connectivity index (χ4n) is 5.92. The van der Waals surface area contributed by atoms with Crippen molar-refractivity contribution < 1.29 is 23.8 Å². The van der Waals surface area contributed by atoms with Crippen LogP contribution in [0.3, 0.4) is 0 Å². The van der Waals surface area contributed by atoms with Crippen LogP contribution in [0, 0.1) is 11.8 Å². The summed E-state index contributed by atoms with van der Waals surface area (Å²) < 4.78 is 18.1. The highest BCUT2D eigenvalue weighted by Gasteiger charge is 2.41. The summed E-state index contributed by atoms with van der Waals surface area (Å²) in [6.45, 7) is 3.26. The molecular weight excluding hydrogens is 502 g/mol. The Hall–Kier alpha value is -3.48. The summed E-state index contributed by atoms with van der Waals surface area (Å²) >= 11 is 0. The van der Waals surface area contributed by atoms with E-state index in [2.05, 4.69) is 24.3 Å². The lowest BCUT2D eigenvalue weighted by atomic mass is 9.80. The number of ether oxygens (including phenoxy) is 3. The number of benzene rings is 3. The van der Waals surface area contributed by atoms with E-state index in [4.69, 9.17) is 14.2 Å². The summed E-state index contributed by atoms with van der Waals surface area (Å²) in [6.07, 6.45) is 3.37. The third-order valence-corrected chi connectivity index (χ3v) is 8.07. The maximum Gasteiger partial charge on any atom is 0.416 e. The molecule has 1 saturated carbocycles. The molecule has 210 valence electrons. The maximum absolute atomic E-state index is 13.5. The molecule has 5 atom stereocenters. The van der Waals surface area contributed by atoms with Gasteiger partial charge in [0.15, 0.2) is 0 Å². The van der Waals surface area contributed by atoms with E-state index < -0.39 is 6.09 Å². The summed E-state index contributed by atoms with van der Waals surface area (Å²) in [5, 5.41) is 0. The van der Waals surface area contributed by atoms with E-state index in [0.717, 1.165) is 36.0 Å². The van der Waals surface area contributed by atoms with Crippen LogP contribution in [-0.4, -0.2) is 41.8 Å². The standard InChI is InChI=1S/C34H39NO5/c1-25(33(36)35-30(24-40-34(35)37)20-26-11-5-2-6-12-26)19-29-17-18-31(38-22-27-13-7-3-8-14-27)32(21-29)39-23-28-15-9-4-10-16-28/h2-16,25,29-32H,17-24H2,1H3/t25-,29+,30-,31-,32-/m1/s1. The molecular formula is C34H39NO5. The third-order valence-electron chi connectivity index (χ3n) is 8.07. The van der Waals surface area contributed by atoms with Gasteiger partial charge in [0.25, 0.3) is 0 Å². The zero-order valence-electron chi connectivity index (χ0n) is 23.2. The van der Waals surface area contributed by atoms with Crippen molar-refractivity contribution in [3.05, 3.63) is 108 Å². The number of amides is 2. The van der Waals surface area contributed by atoms with E-state index in [-0.39, 0.29) is 36.7 Å². The smallest absolute Gasteiger partial charge is 0.416 e. The Kier molecular flexibility index (Phi) is 9.63. The van der Waals surface area contributed by atoms with Gasteiger partial charge in [0.2, 0.25) is 5.91 Å². The minimum Gasteiger partial charge on any atom is -0.447 e.